The highest BCUT2D eigenvalue weighted by Gasteiger charge is 2.25. The lowest BCUT2D eigenvalue weighted by molar-refractivity contribution is -0.164. The molecule has 4 heteroatoms. The number of rotatable bonds is 9. The van der Waals surface area contributed by atoms with E-state index < -0.39 is 0 Å². The van der Waals surface area contributed by atoms with Crippen LogP contribution >= 0.6 is 0 Å². The van der Waals surface area contributed by atoms with Crippen molar-refractivity contribution in [2.45, 2.75) is 103 Å². The average Bonchev–Trinajstić information content (AvgIpc) is 2.57. The minimum Gasteiger partial charge on any atom is -0.378 e. The fourth-order valence-corrected chi connectivity index (χ4v) is 3.39. The molecule has 1 aliphatic carbocycles. The van der Waals surface area contributed by atoms with Crippen LogP contribution in [0.1, 0.15) is 78.6 Å². The van der Waals surface area contributed by atoms with E-state index in [0.717, 1.165) is 32.7 Å². The van der Waals surface area contributed by atoms with Gasteiger partial charge in [0.25, 0.3) is 0 Å². The number of hydrogen-bond acceptors (Lipinski definition) is 4. The van der Waals surface area contributed by atoms with Gasteiger partial charge < -0.3 is 19.5 Å². The summed E-state index contributed by atoms with van der Waals surface area (Å²) in [7, 11) is 0. The van der Waals surface area contributed by atoms with Crippen LogP contribution in [-0.2, 0) is 14.2 Å². The first-order chi connectivity index (χ1) is 11.1. The van der Waals surface area contributed by atoms with Gasteiger partial charge in [-0.05, 0) is 71.6 Å². The minimum atomic E-state index is 0.0344. The van der Waals surface area contributed by atoms with E-state index in [1.165, 1.54) is 44.9 Å². The molecule has 1 heterocycles. The summed E-state index contributed by atoms with van der Waals surface area (Å²) in [5, 5.41) is 3.79. The van der Waals surface area contributed by atoms with Crippen molar-refractivity contribution in [1.29, 1.82) is 0 Å². The highest BCUT2D eigenvalue weighted by atomic mass is 16.7. The Balaban J connectivity index is 1.48. The molecule has 2 fully saturated rings. The zero-order valence-corrected chi connectivity index (χ0v) is 15.4. The van der Waals surface area contributed by atoms with Gasteiger partial charge in [0.2, 0.25) is 0 Å². The highest BCUT2D eigenvalue weighted by molar-refractivity contribution is 4.85. The monoisotopic (exact) mass is 327 g/mol. The first-order valence-electron chi connectivity index (χ1n) is 9.71. The van der Waals surface area contributed by atoms with Gasteiger partial charge in [-0.25, -0.2) is 0 Å². The van der Waals surface area contributed by atoms with Crippen molar-refractivity contribution >= 4 is 0 Å². The van der Waals surface area contributed by atoms with E-state index in [-0.39, 0.29) is 11.8 Å². The van der Waals surface area contributed by atoms with Crippen LogP contribution in [0.5, 0.6) is 0 Å². The van der Waals surface area contributed by atoms with Crippen LogP contribution in [0.2, 0.25) is 0 Å². The molecular weight excluding hydrogens is 290 g/mol. The zero-order chi connectivity index (χ0) is 16.5. The Bertz CT molecular complexity index is 308. The maximum absolute atomic E-state index is 6.03. The molecular formula is C19H37NO3. The van der Waals surface area contributed by atoms with E-state index in [0.29, 0.717) is 12.1 Å². The third-order valence-corrected chi connectivity index (χ3v) is 5.24. The van der Waals surface area contributed by atoms with Gasteiger partial charge in [-0.3, -0.25) is 0 Å². The van der Waals surface area contributed by atoms with E-state index in [4.69, 9.17) is 14.2 Å². The SMILES string of the molecule is CCC(C)(C)NC1CCC(OCCCOC2CCCCO2)CC1. The Morgan fingerprint density at radius 3 is 2.39 bits per heavy atom. The van der Waals surface area contributed by atoms with Crippen LogP contribution in [0.25, 0.3) is 0 Å². The Labute approximate surface area is 142 Å². The molecule has 1 unspecified atom stereocenters. The Morgan fingerprint density at radius 2 is 1.74 bits per heavy atom. The largest absolute Gasteiger partial charge is 0.378 e. The molecule has 0 spiro atoms. The summed E-state index contributed by atoms with van der Waals surface area (Å²) >= 11 is 0. The Hall–Kier alpha value is -0.160. The summed E-state index contributed by atoms with van der Waals surface area (Å²) in [4.78, 5) is 0. The predicted molar refractivity (Wildman–Crippen MR) is 93.7 cm³/mol. The van der Waals surface area contributed by atoms with Crippen LogP contribution in [0.15, 0.2) is 0 Å². The Kier molecular flexibility index (Phi) is 8.31. The van der Waals surface area contributed by atoms with Gasteiger partial charge in [-0.2, -0.15) is 0 Å². The van der Waals surface area contributed by atoms with E-state index in [9.17, 15) is 0 Å². The second kappa shape index (κ2) is 9.97. The van der Waals surface area contributed by atoms with Crippen LogP contribution < -0.4 is 5.32 Å². The van der Waals surface area contributed by atoms with Crippen molar-refractivity contribution in [2.75, 3.05) is 19.8 Å². The van der Waals surface area contributed by atoms with Gasteiger partial charge in [0, 0.05) is 24.8 Å². The summed E-state index contributed by atoms with van der Waals surface area (Å²) in [6.45, 7) is 9.27. The van der Waals surface area contributed by atoms with Crippen molar-refractivity contribution in [1.82, 2.24) is 5.32 Å². The van der Waals surface area contributed by atoms with Crippen LogP contribution in [-0.4, -0.2) is 43.8 Å². The molecule has 1 saturated carbocycles. The van der Waals surface area contributed by atoms with Gasteiger partial charge in [-0.1, -0.05) is 6.92 Å². The third kappa shape index (κ3) is 7.51. The third-order valence-electron chi connectivity index (χ3n) is 5.24. The maximum Gasteiger partial charge on any atom is 0.157 e. The fraction of sp³-hybridized carbons (Fsp3) is 1.00. The normalized spacial score (nSPS) is 29.6. The maximum atomic E-state index is 6.03. The van der Waals surface area contributed by atoms with Crippen molar-refractivity contribution in [3.8, 4) is 0 Å². The van der Waals surface area contributed by atoms with Gasteiger partial charge >= 0.3 is 0 Å². The lowest BCUT2D eigenvalue weighted by Crippen LogP contribution is -2.47. The van der Waals surface area contributed by atoms with Crippen molar-refractivity contribution in [3.05, 3.63) is 0 Å². The molecule has 2 aliphatic rings. The molecule has 1 N–H and O–H groups in total. The number of nitrogens with one attached hydrogen (secondary N) is 1. The lowest BCUT2D eigenvalue weighted by Gasteiger charge is -2.35. The molecule has 0 aromatic heterocycles. The molecule has 136 valence electrons. The predicted octanol–water partition coefficient (Wildman–Crippen LogP) is 4.03. The molecule has 4 nitrogen and oxygen atoms in total. The van der Waals surface area contributed by atoms with E-state index in [2.05, 4.69) is 26.1 Å². The van der Waals surface area contributed by atoms with Crippen LogP contribution in [0.4, 0.5) is 0 Å². The minimum absolute atomic E-state index is 0.0344. The molecule has 1 aliphatic heterocycles. The number of ether oxygens (including phenoxy) is 3. The molecule has 0 bridgehead atoms. The molecule has 0 aromatic carbocycles. The van der Waals surface area contributed by atoms with Gasteiger partial charge in [0.15, 0.2) is 6.29 Å². The summed E-state index contributed by atoms with van der Waals surface area (Å²) < 4.78 is 17.3. The van der Waals surface area contributed by atoms with Crippen LogP contribution in [0.3, 0.4) is 0 Å². The van der Waals surface area contributed by atoms with Crippen molar-refractivity contribution in [2.24, 2.45) is 0 Å². The summed E-state index contributed by atoms with van der Waals surface area (Å²) in [6, 6.07) is 0.664. The van der Waals surface area contributed by atoms with Crippen molar-refractivity contribution < 1.29 is 14.2 Å². The number of hydrogen-bond donors (Lipinski definition) is 1. The first-order valence-corrected chi connectivity index (χ1v) is 9.71. The van der Waals surface area contributed by atoms with Crippen LogP contribution in [0, 0.1) is 0 Å². The van der Waals surface area contributed by atoms with Gasteiger partial charge in [0.1, 0.15) is 0 Å². The zero-order valence-electron chi connectivity index (χ0n) is 15.4. The molecule has 2 rings (SSSR count). The second-order valence-corrected chi connectivity index (χ2v) is 7.75. The average molecular weight is 328 g/mol. The molecule has 0 aromatic rings. The fourth-order valence-electron chi connectivity index (χ4n) is 3.39. The standard InChI is InChI=1S/C19H37NO3/c1-4-19(2,3)20-16-9-11-17(12-10-16)21-14-7-15-23-18-8-5-6-13-22-18/h16-18,20H,4-15H2,1-3H3. The van der Waals surface area contributed by atoms with Crippen molar-refractivity contribution in [3.63, 3.8) is 0 Å². The van der Waals surface area contributed by atoms with E-state index in [1.54, 1.807) is 0 Å². The first kappa shape index (κ1) is 19.2. The Morgan fingerprint density at radius 1 is 1.00 bits per heavy atom. The topological polar surface area (TPSA) is 39.7 Å². The summed E-state index contributed by atoms with van der Waals surface area (Å²) in [5.74, 6) is 0. The molecule has 0 radical (unpaired) electrons. The quantitative estimate of drug-likeness (QED) is 0.649. The van der Waals surface area contributed by atoms with Gasteiger partial charge in [-0.15, -0.1) is 0 Å². The molecule has 23 heavy (non-hydrogen) atoms. The highest BCUT2D eigenvalue weighted by Crippen LogP contribution is 2.24. The van der Waals surface area contributed by atoms with Gasteiger partial charge in [0.05, 0.1) is 12.7 Å². The smallest absolute Gasteiger partial charge is 0.157 e. The molecule has 1 saturated heterocycles. The van der Waals surface area contributed by atoms with E-state index >= 15 is 0 Å². The second-order valence-electron chi connectivity index (χ2n) is 7.75. The summed E-state index contributed by atoms with van der Waals surface area (Å²) in [5.41, 5.74) is 0.261. The summed E-state index contributed by atoms with van der Waals surface area (Å²) in [6.07, 6.45) is 10.9. The van der Waals surface area contributed by atoms with E-state index in [1.807, 2.05) is 0 Å². The lowest BCUT2D eigenvalue weighted by atomic mass is 9.90. The molecule has 0 amide bonds. The molecule has 1 atom stereocenters.